The van der Waals surface area contributed by atoms with Gasteiger partial charge in [-0.1, -0.05) is 46.4 Å². The Morgan fingerprint density at radius 1 is 0.943 bits per heavy atom. The van der Waals surface area contributed by atoms with Crippen molar-refractivity contribution in [2.75, 3.05) is 11.1 Å². The lowest BCUT2D eigenvalue weighted by atomic mass is 10.0. The summed E-state index contributed by atoms with van der Waals surface area (Å²) in [6.07, 6.45) is -0.261. The lowest BCUT2D eigenvalue weighted by Gasteiger charge is -2.10. The Kier molecular flexibility index (Phi) is 7.50. The van der Waals surface area contributed by atoms with Crippen molar-refractivity contribution in [1.82, 2.24) is 0 Å². The number of nitrogens with two attached hydrogens (primary N) is 1. The number of carbonyl (C=O) groups excluding carboxylic acids is 2. The second-order valence-electron chi connectivity index (χ2n) is 8.06. The van der Waals surface area contributed by atoms with E-state index in [-0.39, 0.29) is 43.3 Å². The largest absolute Gasteiger partial charge is 0.399 e. The van der Waals surface area contributed by atoms with Gasteiger partial charge < -0.3 is 11.1 Å². The summed E-state index contributed by atoms with van der Waals surface area (Å²) in [5.74, 6) is -2.90. The second kappa shape index (κ2) is 9.97. The van der Waals surface area contributed by atoms with Gasteiger partial charge in [0.15, 0.2) is 5.78 Å². The summed E-state index contributed by atoms with van der Waals surface area (Å²) < 4.78 is 12.7. The number of hydrogen-bond acceptors (Lipinski definition) is 3. The van der Waals surface area contributed by atoms with Crippen molar-refractivity contribution in [1.29, 1.82) is 0 Å². The Labute approximate surface area is 230 Å². The zero-order valence-electron chi connectivity index (χ0n) is 17.5. The van der Waals surface area contributed by atoms with E-state index in [1.165, 1.54) is 36.4 Å². The number of rotatable bonds is 6. The van der Waals surface area contributed by atoms with Crippen LogP contribution in [0.1, 0.15) is 27.4 Å². The SMILES string of the molecule is Nc1ccc(F)c(CC(=O)c2cc(NC(=O)[C@H]3[C@H](c4cc(Cl)c(Cl)c(Cl)c4)C3(Cl)Cl)ccc2Cl)c1. The third-order valence-corrected chi connectivity index (χ3v) is 8.12. The van der Waals surface area contributed by atoms with E-state index >= 15 is 0 Å². The van der Waals surface area contributed by atoms with Gasteiger partial charge in [0.05, 0.1) is 26.0 Å². The standard InChI is InChI=1S/C24H15Cl6FN2O2/c25-15-3-2-13(9-14(15)19(34)8-10-5-12(32)1-4-18(10)31)33-23(35)21-20(24(21,29)30)11-6-16(26)22(28)17(27)7-11/h1-7,9,20-21H,8,32H2,(H,33,35)/t20-,21+/m0/s1. The average molecular weight is 595 g/mol. The van der Waals surface area contributed by atoms with E-state index in [1.807, 2.05) is 0 Å². The minimum absolute atomic E-state index is 0.109. The molecule has 2 atom stereocenters. The quantitative estimate of drug-likeness (QED) is 0.132. The van der Waals surface area contributed by atoms with Crippen molar-refractivity contribution in [3.63, 3.8) is 0 Å². The molecule has 35 heavy (non-hydrogen) atoms. The topological polar surface area (TPSA) is 72.2 Å². The summed E-state index contributed by atoms with van der Waals surface area (Å²) in [5.41, 5.74) is 7.11. The van der Waals surface area contributed by atoms with E-state index in [0.717, 1.165) is 0 Å². The van der Waals surface area contributed by atoms with E-state index in [2.05, 4.69) is 5.32 Å². The Morgan fingerprint density at radius 3 is 2.26 bits per heavy atom. The fourth-order valence-corrected chi connectivity index (χ4v) is 5.52. The molecule has 3 aromatic rings. The number of nitrogens with one attached hydrogen (secondary N) is 1. The first-order valence-electron chi connectivity index (χ1n) is 10.1. The zero-order valence-corrected chi connectivity index (χ0v) is 22.1. The summed E-state index contributed by atoms with van der Waals surface area (Å²) in [6, 6.07) is 11.5. The molecule has 1 aliphatic rings. The van der Waals surface area contributed by atoms with Crippen molar-refractivity contribution in [3.05, 3.63) is 91.1 Å². The highest BCUT2D eigenvalue weighted by atomic mass is 35.5. The maximum atomic E-state index is 14.1. The molecular formula is C24H15Cl6FN2O2. The highest BCUT2D eigenvalue weighted by Gasteiger charge is 2.67. The molecule has 0 radical (unpaired) electrons. The van der Waals surface area contributed by atoms with Crippen LogP contribution in [0.5, 0.6) is 0 Å². The van der Waals surface area contributed by atoms with Gasteiger partial charge in [0, 0.05) is 29.3 Å². The minimum Gasteiger partial charge on any atom is -0.399 e. The van der Waals surface area contributed by atoms with E-state index in [4.69, 9.17) is 75.3 Å². The van der Waals surface area contributed by atoms with Crippen molar-refractivity contribution in [2.24, 2.45) is 5.92 Å². The van der Waals surface area contributed by atoms with Gasteiger partial charge in [0.2, 0.25) is 5.91 Å². The molecule has 0 aromatic heterocycles. The molecule has 4 nitrogen and oxygen atoms in total. The number of hydrogen-bond donors (Lipinski definition) is 2. The number of alkyl halides is 2. The number of anilines is 2. The lowest BCUT2D eigenvalue weighted by Crippen LogP contribution is -2.17. The third kappa shape index (κ3) is 5.36. The molecule has 0 heterocycles. The van der Waals surface area contributed by atoms with Crippen LogP contribution in [-0.2, 0) is 11.2 Å². The number of ketones is 1. The number of benzene rings is 3. The Hall–Kier alpha value is -1.73. The Bertz CT molecular complexity index is 1340. The lowest BCUT2D eigenvalue weighted by molar-refractivity contribution is -0.117. The Balaban J connectivity index is 1.53. The van der Waals surface area contributed by atoms with Gasteiger partial charge in [-0.05, 0) is 59.7 Å². The van der Waals surface area contributed by atoms with Crippen LogP contribution >= 0.6 is 69.6 Å². The first-order chi connectivity index (χ1) is 16.4. The smallest absolute Gasteiger partial charge is 0.231 e. The summed E-state index contributed by atoms with van der Waals surface area (Å²) in [7, 11) is 0. The van der Waals surface area contributed by atoms with Crippen LogP contribution in [0.15, 0.2) is 48.5 Å². The van der Waals surface area contributed by atoms with Crippen molar-refractivity contribution in [3.8, 4) is 0 Å². The maximum Gasteiger partial charge on any atom is 0.231 e. The van der Waals surface area contributed by atoms with E-state index in [0.29, 0.717) is 11.3 Å². The molecule has 0 spiro atoms. The third-order valence-electron chi connectivity index (χ3n) is 5.66. The van der Waals surface area contributed by atoms with Crippen LogP contribution in [0.3, 0.4) is 0 Å². The minimum atomic E-state index is -1.40. The van der Waals surface area contributed by atoms with Gasteiger partial charge in [-0.25, -0.2) is 4.39 Å². The molecule has 3 N–H and O–H groups in total. The van der Waals surface area contributed by atoms with Crippen molar-refractivity contribution >= 4 is 92.7 Å². The number of nitrogen functional groups attached to an aromatic ring is 1. The van der Waals surface area contributed by atoms with Crippen molar-refractivity contribution < 1.29 is 14.0 Å². The summed E-state index contributed by atoms with van der Waals surface area (Å²) in [6.45, 7) is 0. The first kappa shape index (κ1) is 26.3. The summed E-state index contributed by atoms with van der Waals surface area (Å²) in [4.78, 5) is 25.8. The highest BCUT2D eigenvalue weighted by molar-refractivity contribution is 6.54. The van der Waals surface area contributed by atoms with E-state index in [9.17, 15) is 14.0 Å². The number of carbonyl (C=O) groups is 2. The van der Waals surface area contributed by atoms with Crippen LogP contribution < -0.4 is 11.1 Å². The molecule has 1 amide bonds. The summed E-state index contributed by atoms with van der Waals surface area (Å²) in [5, 5.41) is 3.46. The predicted molar refractivity (Wildman–Crippen MR) is 141 cm³/mol. The second-order valence-corrected chi connectivity index (χ2v) is 11.1. The molecule has 1 fully saturated rings. The monoisotopic (exact) mass is 592 g/mol. The van der Waals surface area contributed by atoms with Gasteiger partial charge in [-0.15, -0.1) is 23.2 Å². The molecular weight excluding hydrogens is 580 g/mol. The molecule has 182 valence electrons. The fourth-order valence-electron chi connectivity index (χ4n) is 3.86. The number of Topliss-reactive ketones (excluding diaryl/α,β-unsaturated/α-hetero) is 1. The van der Waals surface area contributed by atoms with Gasteiger partial charge in [-0.3, -0.25) is 9.59 Å². The van der Waals surface area contributed by atoms with Crippen LogP contribution in [0.2, 0.25) is 20.1 Å². The Morgan fingerprint density at radius 2 is 1.60 bits per heavy atom. The fraction of sp³-hybridized carbons (Fsp3) is 0.167. The zero-order chi connectivity index (χ0) is 25.7. The number of amides is 1. The van der Waals surface area contributed by atoms with Crippen LogP contribution in [0.4, 0.5) is 15.8 Å². The van der Waals surface area contributed by atoms with Gasteiger partial charge in [-0.2, -0.15) is 0 Å². The van der Waals surface area contributed by atoms with E-state index in [1.54, 1.807) is 12.1 Å². The van der Waals surface area contributed by atoms with Crippen LogP contribution in [0.25, 0.3) is 0 Å². The first-order valence-corrected chi connectivity index (χ1v) is 12.4. The molecule has 4 rings (SSSR count). The van der Waals surface area contributed by atoms with Gasteiger partial charge in [0.25, 0.3) is 0 Å². The molecule has 0 saturated heterocycles. The van der Waals surface area contributed by atoms with Crippen molar-refractivity contribution in [2.45, 2.75) is 16.7 Å². The number of halogens is 7. The molecule has 3 aromatic carbocycles. The molecule has 0 bridgehead atoms. The normalized spacial score (nSPS) is 18.3. The average Bonchev–Trinajstić information content (AvgIpc) is 3.37. The van der Waals surface area contributed by atoms with Gasteiger partial charge in [0.1, 0.15) is 10.2 Å². The molecule has 11 heteroatoms. The van der Waals surface area contributed by atoms with Crippen LogP contribution in [0, 0.1) is 11.7 Å². The summed E-state index contributed by atoms with van der Waals surface area (Å²) >= 11 is 37.2. The maximum absolute atomic E-state index is 14.1. The van der Waals surface area contributed by atoms with Gasteiger partial charge >= 0.3 is 0 Å². The van der Waals surface area contributed by atoms with E-state index < -0.39 is 33.7 Å². The molecule has 0 unspecified atom stereocenters. The molecule has 0 aliphatic heterocycles. The molecule has 1 saturated carbocycles. The molecule has 1 aliphatic carbocycles. The predicted octanol–water partition coefficient (Wildman–Crippen LogP) is 7.97. The van der Waals surface area contributed by atoms with Crippen LogP contribution in [-0.4, -0.2) is 16.0 Å². The highest BCUT2D eigenvalue weighted by Crippen LogP contribution is 2.65.